The molecule has 3 aromatic rings. The number of carbonyl (C=O) groups excluding carboxylic acids is 2. The van der Waals surface area contributed by atoms with Gasteiger partial charge < -0.3 is 10.2 Å². The first-order valence-corrected chi connectivity index (χ1v) is 14.9. The van der Waals surface area contributed by atoms with Crippen molar-refractivity contribution < 1.29 is 18.0 Å². The van der Waals surface area contributed by atoms with Crippen molar-refractivity contribution in [3.05, 3.63) is 95.0 Å². The average Bonchev–Trinajstić information content (AvgIpc) is 2.94. The molecule has 9 heteroatoms. The summed E-state index contributed by atoms with van der Waals surface area (Å²) in [6.07, 6.45) is 0.742. The molecule has 3 aromatic carbocycles. The van der Waals surface area contributed by atoms with Gasteiger partial charge in [-0.3, -0.25) is 13.9 Å². The van der Waals surface area contributed by atoms with E-state index >= 15 is 0 Å². The Balaban J connectivity index is 2.03. The van der Waals surface area contributed by atoms with E-state index in [0.717, 1.165) is 16.3 Å². The number of sulfonamides is 1. The highest BCUT2D eigenvalue weighted by Gasteiger charge is 2.32. The lowest BCUT2D eigenvalue weighted by Gasteiger charge is -2.32. The summed E-state index contributed by atoms with van der Waals surface area (Å²) in [4.78, 5) is 28.3. The highest BCUT2D eigenvalue weighted by Crippen LogP contribution is 2.27. The number of nitrogens with one attached hydrogen (secondary N) is 1. The first-order chi connectivity index (χ1) is 18.6. The molecule has 0 aliphatic heterocycles. The van der Waals surface area contributed by atoms with Crippen LogP contribution in [0.15, 0.2) is 83.8 Å². The first-order valence-electron chi connectivity index (χ1n) is 13.0. The molecule has 208 valence electrons. The zero-order valence-electron chi connectivity index (χ0n) is 22.8. The number of anilines is 1. The Morgan fingerprint density at radius 2 is 1.51 bits per heavy atom. The predicted molar refractivity (Wildman–Crippen MR) is 156 cm³/mol. The summed E-state index contributed by atoms with van der Waals surface area (Å²) in [5.41, 5.74) is 2.06. The van der Waals surface area contributed by atoms with Crippen molar-refractivity contribution in [3.63, 3.8) is 0 Å². The monoisotopic (exact) mass is 569 g/mol. The van der Waals surface area contributed by atoms with Crippen LogP contribution in [0.2, 0.25) is 5.02 Å². The highest BCUT2D eigenvalue weighted by atomic mass is 35.5. The van der Waals surface area contributed by atoms with Crippen molar-refractivity contribution in [2.75, 3.05) is 17.4 Å². The van der Waals surface area contributed by atoms with Gasteiger partial charge in [0, 0.05) is 18.1 Å². The Bertz CT molecular complexity index is 1360. The van der Waals surface area contributed by atoms with Gasteiger partial charge in [-0.1, -0.05) is 80.9 Å². The van der Waals surface area contributed by atoms with Crippen molar-refractivity contribution in [1.29, 1.82) is 0 Å². The molecule has 0 saturated heterocycles. The third-order valence-corrected chi connectivity index (χ3v) is 8.63. The van der Waals surface area contributed by atoms with E-state index in [1.54, 1.807) is 61.5 Å². The van der Waals surface area contributed by atoms with Crippen molar-refractivity contribution in [1.82, 2.24) is 10.2 Å². The second kappa shape index (κ2) is 13.6. The van der Waals surface area contributed by atoms with Crippen molar-refractivity contribution in [2.45, 2.75) is 57.5 Å². The molecule has 0 aliphatic rings. The molecule has 0 bridgehead atoms. The summed E-state index contributed by atoms with van der Waals surface area (Å²) in [7, 11) is -4.10. The van der Waals surface area contributed by atoms with Crippen LogP contribution in [-0.2, 0) is 26.2 Å². The molecule has 7 nitrogen and oxygen atoms in total. The van der Waals surface area contributed by atoms with E-state index in [4.69, 9.17) is 11.6 Å². The van der Waals surface area contributed by atoms with E-state index in [0.29, 0.717) is 22.8 Å². The Kier molecular flexibility index (Phi) is 10.5. The normalized spacial score (nSPS) is 12.2. The quantitative estimate of drug-likeness (QED) is 0.307. The van der Waals surface area contributed by atoms with Crippen molar-refractivity contribution >= 4 is 39.1 Å². The molecular weight excluding hydrogens is 534 g/mol. The lowest BCUT2D eigenvalue weighted by atomic mass is 10.0. The first kappa shape index (κ1) is 30.2. The van der Waals surface area contributed by atoms with E-state index in [2.05, 4.69) is 19.2 Å². The fraction of sp³-hybridized carbons (Fsp3) is 0.333. The van der Waals surface area contributed by atoms with Gasteiger partial charge in [0.25, 0.3) is 10.0 Å². The van der Waals surface area contributed by atoms with Crippen molar-refractivity contribution in [3.8, 4) is 0 Å². The number of rotatable bonds is 12. The molecular formula is C30H36ClN3O4S. The van der Waals surface area contributed by atoms with Gasteiger partial charge in [-0.15, -0.1) is 0 Å². The van der Waals surface area contributed by atoms with E-state index < -0.39 is 28.5 Å². The maximum atomic E-state index is 13.9. The molecule has 0 heterocycles. The Labute approximate surface area is 236 Å². The minimum Gasteiger partial charge on any atom is -0.354 e. The van der Waals surface area contributed by atoms with Crippen LogP contribution in [0.4, 0.5) is 5.69 Å². The van der Waals surface area contributed by atoms with Crippen LogP contribution in [0.1, 0.15) is 51.2 Å². The van der Waals surface area contributed by atoms with Gasteiger partial charge in [0.2, 0.25) is 11.8 Å². The third kappa shape index (κ3) is 7.61. The number of nitrogens with zero attached hydrogens (tertiary/aromatic N) is 2. The summed E-state index contributed by atoms with van der Waals surface area (Å²) < 4.78 is 28.7. The number of hydrogen-bond acceptors (Lipinski definition) is 4. The smallest absolute Gasteiger partial charge is 0.264 e. The van der Waals surface area contributed by atoms with Crippen LogP contribution in [-0.4, -0.2) is 44.3 Å². The van der Waals surface area contributed by atoms with Crippen LogP contribution in [0, 0.1) is 0 Å². The van der Waals surface area contributed by atoms with Gasteiger partial charge in [-0.25, -0.2) is 8.42 Å². The summed E-state index contributed by atoms with van der Waals surface area (Å²) in [5, 5.41) is 3.28. The summed E-state index contributed by atoms with van der Waals surface area (Å²) in [5.74, 6) is -0.592. The van der Waals surface area contributed by atoms with Gasteiger partial charge in [0.15, 0.2) is 0 Å². The molecule has 0 unspecified atom stereocenters. The number of hydrogen-bond donors (Lipinski definition) is 1. The summed E-state index contributed by atoms with van der Waals surface area (Å²) in [6, 6.07) is 21.4. The zero-order valence-corrected chi connectivity index (χ0v) is 24.4. The van der Waals surface area contributed by atoms with Gasteiger partial charge in [-0.05, 0) is 60.7 Å². The standard InChI is InChI=1S/C30H36ClN3O4S/c1-5-19-32-30(36)23(4)33(20-25-11-9-10-14-28(25)31)29(35)21-34(26-17-15-24(16-18-26)22(2)3)39(37,38)27-12-7-6-8-13-27/h6-18,22-23H,5,19-21H2,1-4H3,(H,32,36)/t23-/m1/s1. The largest absolute Gasteiger partial charge is 0.354 e. The molecule has 0 fully saturated rings. The minimum atomic E-state index is -4.10. The van der Waals surface area contributed by atoms with Crippen LogP contribution in [0.25, 0.3) is 0 Å². The number of benzene rings is 3. The molecule has 1 atom stereocenters. The Hall–Kier alpha value is -3.36. The average molecular weight is 570 g/mol. The molecule has 3 rings (SSSR count). The third-order valence-electron chi connectivity index (χ3n) is 6.47. The highest BCUT2D eigenvalue weighted by molar-refractivity contribution is 7.92. The van der Waals surface area contributed by atoms with Gasteiger partial charge in [0.1, 0.15) is 12.6 Å². The van der Waals surface area contributed by atoms with Gasteiger partial charge in [-0.2, -0.15) is 0 Å². The zero-order chi connectivity index (χ0) is 28.6. The van der Waals surface area contributed by atoms with E-state index in [-0.39, 0.29) is 23.3 Å². The lowest BCUT2D eigenvalue weighted by Crippen LogP contribution is -2.51. The molecule has 1 N–H and O–H groups in total. The van der Waals surface area contributed by atoms with Gasteiger partial charge >= 0.3 is 0 Å². The minimum absolute atomic E-state index is 0.0464. The van der Waals surface area contributed by atoms with Gasteiger partial charge in [0.05, 0.1) is 10.6 Å². The molecule has 0 saturated carbocycles. The Morgan fingerprint density at radius 3 is 2.10 bits per heavy atom. The van der Waals surface area contributed by atoms with Crippen molar-refractivity contribution in [2.24, 2.45) is 0 Å². The molecule has 2 amide bonds. The Morgan fingerprint density at radius 1 is 0.897 bits per heavy atom. The summed E-state index contributed by atoms with van der Waals surface area (Å²) >= 11 is 6.39. The molecule has 0 aliphatic carbocycles. The fourth-order valence-electron chi connectivity index (χ4n) is 4.06. The van der Waals surface area contributed by atoms with E-state index in [9.17, 15) is 18.0 Å². The second-order valence-corrected chi connectivity index (χ2v) is 11.9. The number of carbonyl (C=O) groups is 2. The number of halogens is 1. The summed E-state index contributed by atoms with van der Waals surface area (Å²) in [6.45, 7) is 7.69. The molecule has 0 spiro atoms. The fourth-order valence-corrected chi connectivity index (χ4v) is 5.69. The molecule has 0 radical (unpaired) electrons. The van der Waals surface area contributed by atoms with Crippen LogP contribution in [0.5, 0.6) is 0 Å². The van der Waals surface area contributed by atoms with E-state index in [1.807, 2.05) is 19.1 Å². The van der Waals surface area contributed by atoms with Crippen LogP contribution < -0.4 is 9.62 Å². The predicted octanol–water partition coefficient (Wildman–Crippen LogP) is 5.60. The van der Waals surface area contributed by atoms with E-state index in [1.165, 1.54) is 17.0 Å². The second-order valence-electron chi connectivity index (χ2n) is 9.65. The molecule has 0 aromatic heterocycles. The maximum Gasteiger partial charge on any atom is 0.264 e. The number of amides is 2. The lowest BCUT2D eigenvalue weighted by molar-refractivity contribution is -0.139. The SMILES string of the molecule is CCCNC(=O)[C@@H](C)N(Cc1ccccc1Cl)C(=O)CN(c1ccc(C(C)C)cc1)S(=O)(=O)c1ccccc1. The van der Waals surface area contributed by atoms with Crippen LogP contribution in [0.3, 0.4) is 0 Å². The topological polar surface area (TPSA) is 86.8 Å². The maximum absolute atomic E-state index is 13.9. The molecule has 39 heavy (non-hydrogen) atoms. The van der Waals surface area contributed by atoms with Crippen LogP contribution >= 0.6 is 11.6 Å².